The zero-order valence-electron chi connectivity index (χ0n) is 18.2. The number of ether oxygens (including phenoxy) is 1. The zero-order valence-corrected chi connectivity index (χ0v) is 19.8. The maximum atomic E-state index is 13.3. The first kappa shape index (κ1) is 24.4. The number of carboxylic acids is 1. The first-order valence-electron chi connectivity index (χ1n) is 9.81. The van der Waals surface area contributed by atoms with Crippen molar-refractivity contribution in [1.29, 1.82) is 0 Å². The molecule has 3 amide bonds. The quantitative estimate of drug-likeness (QED) is 0.242. The fraction of sp³-hybridized carbons (Fsp3) is 0.0870. The molecule has 10 nitrogen and oxygen atoms in total. The Hall–Kier alpha value is -4.25. The SMILES string of the molecule is COc1ccccc1N(C)/N=N\N(C=O)C(=O)N(c1ccc(Br)cc1)c1ccc(C(=O)O)cc1. The van der Waals surface area contributed by atoms with Crippen LogP contribution in [-0.2, 0) is 4.79 Å². The highest BCUT2D eigenvalue weighted by atomic mass is 79.9. The summed E-state index contributed by atoms with van der Waals surface area (Å²) in [4.78, 5) is 37.6. The number of methoxy groups -OCH3 is 1. The molecule has 11 heteroatoms. The molecule has 0 radical (unpaired) electrons. The van der Waals surface area contributed by atoms with E-state index in [1.807, 2.05) is 0 Å². The maximum Gasteiger partial charge on any atom is 0.358 e. The van der Waals surface area contributed by atoms with Crippen LogP contribution in [-0.4, -0.2) is 42.7 Å². The molecule has 3 aromatic carbocycles. The highest BCUT2D eigenvalue weighted by Crippen LogP contribution is 2.29. The maximum absolute atomic E-state index is 13.3. The minimum Gasteiger partial charge on any atom is -0.495 e. The molecule has 0 bridgehead atoms. The second-order valence-electron chi connectivity index (χ2n) is 6.77. The van der Waals surface area contributed by atoms with Crippen LogP contribution in [0.25, 0.3) is 0 Å². The minimum atomic E-state index is -1.10. The number of nitrogens with zero attached hydrogens (tertiary/aromatic N) is 5. The summed E-state index contributed by atoms with van der Waals surface area (Å²) in [7, 11) is 3.10. The van der Waals surface area contributed by atoms with Gasteiger partial charge in [0.1, 0.15) is 11.4 Å². The fourth-order valence-corrected chi connectivity index (χ4v) is 3.23. The van der Waals surface area contributed by atoms with Gasteiger partial charge in [-0.25, -0.2) is 14.6 Å². The van der Waals surface area contributed by atoms with E-state index in [9.17, 15) is 14.4 Å². The number of rotatable bonds is 8. The first-order chi connectivity index (χ1) is 16.3. The van der Waals surface area contributed by atoms with Gasteiger partial charge in [0, 0.05) is 11.5 Å². The van der Waals surface area contributed by atoms with E-state index in [0.29, 0.717) is 27.8 Å². The van der Waals surface area contributed by atoms with Gasteiger partial charge in [-0.2, -0.15) is 0 Å². The average molecular weight is 526 g/mol. The van der Waals surface area contributed by atoms with Gasteiger partial charge in [-0.3, -0.25) is 9.69 Å². The van der Waals surface area contributed by atoms with E-state index in [1.54, 1.807) is 55.6 Å². The monoisotopic (exact) mass is 525 g/mol. The number of aromatic carboxylic acids is 1. The van der Waals surface area contributed by atoms with Gasteiger partial charge in [0.15, 0.2) is 0 Å². The molecular weight excluding hydrogens is 506 g/mol. The van der Waals surface area contributed by atoms with Gasteiger partial charge in [0.05, 0.1) is 24.0 Å². The molecule has 3 aromatic rings. The van der Waals surface area contributed by atoms with Crippen molar-refractivity contribution in [1.82, 2.24) is 5.01 Å². The lowest BCUT2D eigenvalue weighted by molar-refractivity contribution is -0.115. The smallest absolute Gasteiger partial charge is 0.358 e. The van der Waals surface area contributed by atoms with E-state index in [-0.39, 0.29) is 12.0 Å². The molecule has 0 aromatic heterocycles. The molecule has 174 valence electrons. The summed E-state index contributed by atoms with van der Waals surface area (Å²) in [6.07, 6.45) is 0.235. The van der Waals surface area contributed by atoms with Crippen LogP contribution in [0.3, 0.4) is 0 Å². The third-order valence-electron chi connectivity index (χ3n) is 4.65. The Balaban J connectivity index is 1.94. The summed E-state index contributed by atoms with van der Waals surface area (Å²) in [6.45, 7) is 0. The number of imide groups is 1. The van der Waals surface area contributed by atoms with Crippen LogP contribution in [0.15, 0.2) is 87.7 Å². The van der Waals surface area contributed by atoms with Gasteiger partial charge in [0.25, 0.3) is 0 Å². The Morgan fingerprint density at radius 2 is 1.53 bits per heavy atom. The molecule has 0 aliphatic heterocycles. The van der Waals surface area contributed by atoms with Gasteiger partial charge in [-0.15, -0.1) is 5.01 Å². The molecular formula is C23H20BrN5O5. The summed E-state index contributed by atoms with van der Waals surface area (Å²) in [5, 5.41) is 18.8. The zero-order chi connectivity index (χ0) is 24.7. The molecule has 0 aliphatic carbocycles. The number of amides is 3. The number of carboxylic acid groups (broad SMARTS) is 1. The van der Waals surface area contributed by atoms with Gasteiger partial charge >= 0.3 is 12.0 Å². The number of halogens is 1. The van der Waals surface area contributed by atoms with Gasteiger partial charge in [-0.05, 0) is 71.1 Å². The largest absolute Gasteiger partial charge is 0.495 e. The number of carbonyl (C=O) groups excluding carboxylic acids is 2. The molecule has 34 heavy (non-hydrogen) atoms. The van der Waals surface area contributed by atoms with Crippen LogP contribution < -0.4 is 14.6 Å². The Kier molecular flexibility index (Phi) is 7.93. The van der Waals surface area contributed by atoms with E-state index in [1.165, 1.54) is 41.3 Å². The second kappa shape index (κ2) is 11.1. The highest BCUT2D eigenvalue weighted by Gasteiger charge is 2.25. The van der Waals surface area contributed by atoms with Crippen molar-refractivity contribution in [3.05, 3.63) is 82.8 Å². The molecule has 0 aliphatic rings. The highest BCUT2D eigenvalue weighted by molar-refractivity contribution is 9.10. The third kappa shape index (κ3) is 5.56. The van der Waals surface area contributed by atoms with E-state index in [2.05, 4.69) is 26.4 Å². The lowest BCUT2D eigenvalue weighted by Crippen LogP contribution is -2.37. The van der Waals surface area contributed by atoms with Crippen LogP contribution in [0.4, 0.5) is 21.9 Å². The Morgan fingerprint density at radius 3 is 2.09 bits per heavy atom. The fourth-order valence-electron chi connectivity index (χ4n) is 2.97. The molecule has 0 saturated heterocycles. The Bertz CT molecular complexity index is 1200. The average Bonchev–Trinajstić information content (AvgIpc) is 2.86. The lowest BCUT2D eigenvalue weighted by Gasteiger charge is -2.25. The lowest BCUT2D eigenvalue weighted by atomic mass is 10.2. The second-order valence-corrected chi connectivity index (χ2v) is 7.69. The Morgan fingerprint density at radius 1 is 0.941 bits per heavy atom. The Labute approximate surface area is 203 Å². The number of anilines is 3. The van der Waals surface area contributed by atoms with Crippen LogP contribution in [0.1, 0.15) is 10.4 Å². The molecule has 0 atom stereocenters. The van der Waals surface area contributed by atoms with E-state index in [4.69, 9.17) is 9.84 Å². The number of hydrogen-bond acceptors (Lipinski definition) is 6. The predicted molar refractivity (Wildman–Crippen MR) is 129 cm³/mol. The number of carbonyl (C=O) groups is 3. The number of hydrogen-bond donors (Lipinski definition) is 1. The summed E-state index contributed by atoms with van der Waals surface area (Å²) in [5.74, 6) is -0.571. The normalized spacial score (nSPS) is 10.6. The van der Waals surface area contributed by atoms with E-state index >= 15 is 0 Å². The molecule has 1 N–H and O–H groups in total. The summed E-state index contributed by atoms with van der Waals surface area (Å²) in [6, 6.07) is 18.6. The standard InChI is InChI=1S/C23H20BrN5O5/c1-27(20-5-3-4-6-21(20)34-2)25-26-28(15-30)23(33)29(19-13-9-17(24)10-14-19)18-11-7-16(8-12-18)22(31)32/h3-15H,1-2H3,(H,31,32)/b26-25-. The van der Waals surface area contributed by atoms with E-state index < -0.39 is 12.0 Å². The van der Waals surface area contributed by atoms with Crippen LogP contribution in [0.5, 0.6) is 5.75 Å². The minimum absolute atomic E-state index is 0.0531. The van der Waals surface area contributed by atoms with Gasteiger partial charge in [0.2, 0.25) is 6.41 Å². The van der Waals surface area contributed by atoms with Crippen molar-refractivity contribution < 1.29 is 24.2 Å². The van der Waals surface area contributed by atoms with E-state index in [0.717, 1.165) is 4.47 Å². The number of para-hydroxylation sites is 2. The van der Waals surface area contributed by atoms with Gasteiger partial charge < -0.3 is 9.84 Å². The molecule has 0 unspecified atom stereocenters. The first-order valence-corrected chi connectivity index (χ1v) is 10.6. The van der Waals surface area contributed by atoms with Crippen LogP contribution >= 0.6 is 15.9 Å². The molecule has 0 heterocycles. The number of benzene rings is 3. The van der Waals surface area contributed by atoms with Crippen LogP contribution in [0, 0.1) is 0 Å². The summed E-state index contributed by atoms with van der Waals surface area (Å²) in [5.41, 5.74) is 1.38. The van der Waals surface area contributed by atoms with Crippen molar-refractivity contribution in [3.8, 4) is 5.75 Å². The molecule has 0 fully saturated rings. The number of urea groups is 1. The predicted octanol–water partition coefficient (Wildman–Crippen LogP) is 5.29. The van der Waals surface area contributed by atoms with Crippen molar-refractivity contribution in [2.75, 3.05) is 24.1 Å². The third-order valence-corrected chi connectivity index (χ3v) is 5.18. The van der Waals surface area contributed by atoms with Crippen LogP contribution in [0.2, 0.25) is 0 Å². The summed E-state index contributed by atoms with van der Waals surface area (Å²) < 4.78 is 6.08. The summed E-state index contributed by atoms with van der Waals surface area (Å²) >= 11 is 3.35. The van der Waals surface area contributed by atoms with Crippen molar-refractivity contribution >= 4 is 51.4 Å². The van der Waals surface area contributed by atoms with Crippen molar-refractivity contribution in [2.24, 2.45) is 10.4 Å². The molecule has 0 saturated carbocycles. The topological polar surface area (TPSA) is 115 Å². The van der Waals surface area contributed by atoms with Crippen molar-refractivity contribution in [3.63, 3.8) is 0 Å². The van der Waals surface area contributed by atoms with Gasteiger partial charge in [-0.1, -0.05) is 28.1 Å². The van der Waals surface area contributed by atoms with Crippen molar-refractivity contribution in [2.45, 2.75) is 0 Å². The molecule has 0 spiro atoms. The molecule has 3 rings (SSSR count).